The predicted octanol–water partition coefficient (Wildman–Crippen LogP) is 19.2. The molecule has 0 unspecified atom stereocenters. The highest BCUT2D eigenvalue weighted by Crippen LogP contribution is 2.28. The highest BCUT2D eigenvalue weighted by Gasteiger charge is 2.11. The van der Waals surface area contributed by atoms with Gasteiger partial charge >= 0.3 is 0 Å². The summed E-state index contributed by atoms with van der Waals surface area (Å²) in [7, 11) is 6.65. The van der Waals surface area contributed by atoms with Crippen molar-refractivity contribution >= 4 is 21.5 Å². The average Bonchev–Trinajstić information content (AvgIpc) is 3.43. The Balaban J connectivity index is 0.000000193. The molecular weight excluding hydrogens is 933 g/mol. The van der Waals surface area contributed by atoms with Gasteiger partial charge in [0.15, 0.2) is 11.5 Å². The van der Waals surface area contributed by atoms with Gasteiger partial charge in [-0.3, -0.25) is 0 Å². The van der Waals surface area contributed by atoms with Crippen molar-refractivity contribution in [1.29, 1.82) is 0 Å². The van der Waals surface area contributed by atoms with Gasteiger partial charge in [-0.15, -0.1) is 0 Å². The van der Waals surface area contributed by atoms with E-state index in [1.54, 1.807) is 28.4 Å². The minimum atomic E-state index is -0.102. The van der Waals surface area contributed by atoms with E-state index in [1.165, 1.54) is 71.6 Å². The summed E-state index contributed by atoms with van der Waals surface area (Å²) in [6, 6.07) is 78.4. The molecule has 394 valence electrons. The van der Waals surface area contributed by atoms with Gasteiger partial charge < -0.3 is 23.7 Å². The van der Waals surface area contributed by atoms with Crippen molar-refractivity contribution in [1.82, 2.24) is 0 Å². The van der Waals surface area contributed by atoms with Gasteiger partial charge in [0.1, 0.15) is 22.8 Å². The first-order valence-corrected chi connectivity index (χ1v) is 25.7. The van der Waals surface area contributed by atoms with Gasteiger partial charge in [-0.05, 0) is 156 Å². The minimum absolute atomic E-state index is 0.102. The molecule has 76 heavy (non-hydrogen) atoms. The van der Waals surface area contributed by atoms with Gasteiger partial charge in [0, 0.05) is 5.39 Å². The topological polar surface area (TPSA) is 46.2 Å². The Labute approximate surface area is 455 Å². The van der Waals surface area contributed by atoms with E-state index in [-0.39, 0.29) is 5.60 Å². The Kier molecular flexibility index (Phi) is 25.5. The molecule has 0 heterocycles. The molecule has 0 bridgehead atoms. The van der Waals surface area contributed by atoms with Crippen LogP contribution in [0.25, 0.3) is 32.7 Å². The molecule has 5 heteroatoms. The van der Waals surface area contributed by atoms with Crippen LogP contribution in [0.2, 0.25) is 0 Å². The van der Waals surface area contributed by atoms with Crippen LogP contribution in [0.15, 0.2) is 231 Å². The molecule has 10 rings (SSSR count). The standard InChI is InChI=1S/C13H12.C12H12O.C11H16O.C11H10.C9H12O2.C8H10O.C7H8/c1-11-7-9-13(10-8-11)12-5-3-2-4-6-12;1-9-7-8-12(13-2)11-6-4-3-5-10(9)11;1-9-5-7-10(8-6-9)12-11(2,3)4;1-9-5-4-7-10-6-2-3-8-11(9)10;1-7-4-5-8(10-2)9(6-7)11-3;1-7-3-5-8(9-2)6-4-7;1-7-5-3-2-4-6-7/h2-10H,1H3;3-8H,1-2H3;5-8H,1-4H3;2-8H,1H3;4-6H,1-3H3;3-6H,1-2H3;2-6H,1H3. The Morgan fingerprint density at radius 2 is 0.684 bits per heavy atom. The molecule has 0 aliphatic rings. The first-order valence-electron chi connectivity index (χ1n) is 25.7. The van der Waals surface area contributed by atoms with E-state index in [2.05, 4.69) is 181 Å². The molecule has 5 nitrogen and oxygen atoms in total. The van der Waals surface area contributed by atoms with Crippen molar-refractivity contribution in [2.75, 3.05) is 28.4 Å². The summed E-state index contributed by atoms with van der Waals surface area (Å²) in [4.78, 5) is 0. The third-order valence-corrected chi connectivity index (χ3v) is 11.7. The molecule has 0 fully saturated rings. The van der Waals surface area contributed by atoms with Crippen molar-refractivity contribution < 1.29 is 23.7 Å². The van der Waals surface area contributed by atoms with Crippen LogP contribution >= 0.6 is 0 Å². The lowest BCUT2D eigenvalue weighted by Crippen LogP contribution is -2.22. The van der Waals surface area contributed by atoms with Crippen molar-refractivity contribution in [3.63, 3.8) is 0 Å². The fraction of sp³-hybridized carbons (Fsp3) is 0.211. The molecule has 10 aromatic carbocycles. The van der Waals surface area contributed by atoms with E-state index < -0.39 is 0 Å². The van der Waals surface area contributed by atoms with Crippen molar-refractivity contribution in [2.24, 2.45) is 0 Å². The quantitative estimate of drug-likeness (QED) is 0.166. The van der Waals surface area contributed by atoms with E-state index in [1.807, 2.05) is 119 Å². The number of methoxy groups -OCH3 is 4. The molecule has 0 radical (unpaired) electrons. The second-order valence-corrected chi connectivity index (χ2v) is 19.2. The van der Waals surface area contributed by atoms with Gasteiger partial charge in [-0.1, -0.05) is 210 Å². The summed E-state index contributed by atoms with van der Waals surface area (Å²) in [6.07, 6.45) is 0. The number of hydrogen-bond donors (Lipinski definition) is 0. The Morgan fingerprint density at radius 3 is 1.18 bits per heavy atom. The number of aryl methyl sites for hydroxylation is 7. The van der Waals surface area contributed by atoms with Gasteiger partial charge in [0.2, 0.25) is 0 Å². The van der Waals surface area contributed by atoms with E-state index in [0.717, 1.165) is 28.7 Å². The number of benzene rings is 10. The van der Waals surface area contributed by atoms with E-state index >= 15 is 0 Å². The molecule has 0 aliphatic carbocycles. The first-order chi connectivity index (χ1) is 36.5. The van der Waals surface area contributed by atoms with Crippen LogP contribution in [-0.2, 0) is 0 Å². The van der Waals surface area contributed by atoms with Gasteiger partial charge in [-0.2, -0.15) is 0 Å². The fourth-order valence-corrected chi connectivity index (χ4v) is 7.48. The third kappa shape index (κ3) is 21.7. The van der Waals surface area contributed by atoms with Crippen LogP contribution in [0.5, 0.6) is 28.7 Å². The van der Waals surface area contributed by atoms with Crippen molar-refractivity contribution in [3.05, 3.63) is 269 Å². The summed E-state index contributed by atoms with van der Waals surface area (Å²) in [5, 5.41) is 5.13. The second-order valence-electron chi connectivity index (χ2n) is 19.2. The molecule has 0 atom stereocenters. The molecule has 0 N–H and O–H groups in total. The molecule has 0 amide bonds. The molecule has 0 aromatic heterocycles. The summed E-state index contributed by atoms with van der Waals surface area (Å²) in [6.45, 7) is 20.7. The van der Waals surface area contributed by atoms with Gasteiger partial charge in [0.25, 0.3) is 0 Å². The molecule has 0 saturated carbocycles. The Bertz CT molecular complexity index is 3170. The lowest BCUT2D eigenvalue weighted by molar-refractivity contribution is 0.131. The van der Waals surface area contributed by atoms with Crippen LogP contribution < -0.4 is 23.7 Å². The maximum atomic E-state index is 5.66. The van der Waals surface area contributed by atoms with Crippen LogP contribution in [0.3, 0.4) is 0 Å². The summed E-state index contributed by atoms with van der Waals surface area (Å²) >= 11 is 0. The van der Waals surface area contributed by atoms with Gasteiger partial charge in [-0.25, -0.2) is 0 Å². The molecule has 10 aromatic rings. The van der Waals surface area contributed by atoms with Crippen LogP contribution in [0, 0.1) is 48.5 Å². The highest BCUT2D eigenvalue weighted by molar-refractivity contribution is 5.91. The van der Waals surface area contributed by atoms with Crippen molar-refractivity contribution in [3.8, 4) is 39.9 Å². The maximum Gasteiger partial charge on any atom is 0.160 e. The monoisotopic (exact) mass is 1010 g/mol. The normalized spacial score (nSPS) is 9.97. The van der Waals surface area contributed by atoms with Crippen LogP contribution in [0.1, 0.15) is 59.7 Å². The fourth-order valence-electron chi connectivity index (χ4n) is 7.48. The molecular formula is C71H80O5. The third-order valence-electron chi connectivity index (χ3n) is 11.7. The lowest BCUT2D eigenvalue weighted by Gasteiger charge is -2.21. The zero-order valence-corrected chi connectivity index (χ0v) is 47.5. The largest absolute Gasteiger partial charge is 0.497 e. The predicted molar refractivity (Wildman–Crippen MR) is 325 cm³/mol. The van der Waals surface area contributed by atoms with E-state index in [4.69, 9.17) is 23.7 Å². The highest BCUT2D eigenvalue weighted by atomic mass is 16.5. The maximum absolute atomic E-state index is 5.66. The first kappa shape index (κ1) is 60.3. The second kappa shape index (κ2) is 32.1. The van der Waals surface area contributed by atoms with E-state index in [9.17, 15) is 0 Å². The molecule has 0 aliphatic heterocycles. The van der Waals surface area contributed by atoms with Crippen LogP contribution in [-0.4, -0.2) is 34.0 Å². The summed E-state index contributed by atoms with van der Waals surface area (Å²) < 4.78 is 26.1. The van der Waals surface area contributed by atoms with Crippen LogP contribution in [0.4, 0.5) is 0 Å². The number of fused-ring (bicyclic) bond motifs is 2. The zero-order chi connectivity index (χ0) is 55.3. The Morgan fingerprint density at radius 1 is 0.276 bits per heavy atom. The number of hydrogen-bond acceptors (Lipinski definition) is 5. The van der Waals surface area contributed by atoms with Gasteiger partial charge in [0.05, 0.1) is 28.4 Å². The van der Waals surface area contributed by atoms with Crippen molar-refractivity contribution in [2.45, 2.75) is 74.8 Å². The lowest BCUT2D eigenvalue weighted by atomic mass is 10.0. The molecule has 0 saturated heterocycles. The average molecular weight is 1010 g/mol. The van der Waals surface area contributed by atoms with E-state index in [0.29, 0.717) is 0 Å². The molecule has 0 spiro atoms. The zero-order valence-electron chi connectivity index (χ0n) is 47.5. The minimum Gasteiger partial charge on any atom is -0.497 e. The number of ether oxygens (including phenoxy) is 5. The number of rotatable bonds is 6. The summed E-state index contributed by atoms with van der Waals surface area (Å²) in [5.41, 5.74) is 11.4. The smallest absolute Gasteiger partial charge is 0.160 e. The Hall–Kier alpha value is -8.28. The summed E-state index contributed by atoms with van der Waals surface area (Å²) in [5.74, 6) is 4.36. The SMILES string of the molecule is COc1ccc(C)c2ccccc12.COc1ccc(C)cc1.COc1ccc(C)cc1OC.Cc1ccc(-c2ccccc2)cc1.Cc1ccc(OC(C)(C)C)cc1.Cc1cccc2ccccc12.Cc1ccccc1.